The number of aryl methyl sites for hydroxylation is 2. The third-order valence-electron chi connectivity index (χ3n) is 4.29. The molecule has 1 N–H and O–H groups in total. The van der Waals surface area contributed by atoms with E-state index in [1.54, 1.807) is 31.2 Å². The molecule has 1 atom stereocenters. The minimum atomic E-state index is -3.72. The second-order valence-electron chi connectivity index (χ2n) is 6.12. The maximum Gasteiger partial charge on any atom is 0.248 e. The summed E-state index contributed by atoms with van der Waals surface area (Å²) < 4.78 is 26.1. The standard InChI is InChI=1S/C19H19NO3S/c1-12-4-8-15(9-5-12)17-14(3)18(21)20-19(17)24(22,23)16-10-6-13(2)7-11-16/h4-11,19H,1-3H3,(H,20,21). The maximum atomic E-state index is 13.0. The van der Waals surface area contributed by atoms with E-state index in [1.807, 2.05) is 38.1 Å². The van der Waals surface area contributed by atoms with Gasteiger partial charge in [-0.3, -0.25) is 4.79 Å². The Morgan fingerprint density at radius 2 is 1.33 bits per heavy atom. The summed E-state index contributed by atoms with van der Waals surface area (Å²) in [4.78, 5) is 12.3. The molecule has 0 bridgehead atoms. The van der Waals surface area contributed by atoms with Crippen LogP contribution in [0.1, 0.15) is 23.6 Å². The van der Waals surface area contributed by atoms with Crippen LogP contribution in [0.3, 0.4) is 0 Å². The first-order valence-electron chi connectivity index (χ1n) is 7.70. The zero-order chi connectivity index (χ0) is 17.5. The van der Waals surface area contributed by atoms with E-state index in [9.17, 15) is 13.2 Å². The van der Waals surface area contributed by atoms with Crippen molar-refractivity contribution in [3.63, 3.8) is 0 Å². The van der Waals surface area contributed by atoms with E-state index in [0.717, 1.165) is 16.7 Å². The van der Waals surface area contributed by atoms with Crippen molar-refractivity contribution < 1.29 is 13.2 Å². The molecule has 0 aliphatic carbocycles. The number of nitrogens with one attached hydrogen (secondary N) is 1. The molecule has 1 heterocycles. The molecule has 4 nitrogen and oxygen atoms in total. The van der Waals surface area contributed by atoms with Crippen LogP contribution in [0.5, 0.6) is 0 Å². The van der Waals surface area contributed by atoms with Gasteiger partial charge in [-0.1, -0.05) is 47.5 Å². The molecule has 3 rings (SSSR count). The zero-order valence-corrected chi connectivity index (χ0v) is 14.6. The molecule has 24 heavy (non-hydrogen) atoms. The lowest BCUT2D eigenvalue weighted by Gasteiger charge is -2.17. The molecule has 0 fully saturated rings. The number of hydrogen-bond donors (Lipinski definition) is 1. The summed E-state index contributed by atoms with van der Waals surface area (Å²) in [7, 11) is -3.72. The predicted molar refractivity (Wildman–Crippen MR) is 94.1 cm³/mol. The van der Waals surface area contributed by atoms with E-state index in [-0.39, 0.29) is 10.8 Å². The summed E-state index contributed by atoms with van der Waals surface area (Å²) in [6.45, 7) is 5.52. The van der Waals surface area contributed by atoms with Gasteiger partial charge in [-0.25, -0.2) is 8.42 Å². The number of amides is 1. The van der Waals surface area contributed by atoms with Crippen LogP contribution in [0.25, 0.3) is 5.57 Å². The lowest BCUT2D eigenvalue weighted by atomic mass is 10.0. The average molecular weight is 341 g/mol. The summed E-state index contributed by atoms with van der Waals surface area (Å²) in [6.07, 6.45) is 0. The first-order valence-corrected chi connectivity index (χ1v) is 9.24. The van der Waals surface area contributed by atoms with Crippen LogP contribution in [-0.2, 0) is 14.6 Å². The van der Waals surface area contributed by atoms with Crippen molar-refractivity contribution in [1.82, 2.24) is 5.32 Å². The third kappa shape index (κ3) is 2.76. The highest BCUT2D eigenvalue weighted by atomic mass is 32.2. The van der Waals surface area contributed by atoms with E-state index < -0.39 is 15.2 Å². The van der Waals surface area contributed by atoms with Crippen molar-refractivity contribution in [3.8, 4) is 0 Å². The van der Waals surface area contributed by atoms with Crippen LogP contribution < -0.4 is 5.32 Å². The smallest absolute Gasteiger partial charge is 0.248 e. The van der Waals surface area contributed by atoms with Crippen LogP contribution in [-0.4, -0.2) is 19.7 Å². The summed E-state index contributed by atoms with van der Waals surface area (Å²) in [5, 5.41) is 1.56. The molecule has 0 saturated carbocycles. The van der Waals surface area contributed by atoms with E-state index in [4.69, 9.17) is 0 Å². The van der Waals surface area contributed by atoms with Crippen LogP contribution in [0, 0.1) is 13.8 Å². The monoisotopic (exact) mass is 341 g/mol. The van der Waals surface area contributed by atoms with Crippen molar-refractivity contribution in [1.29, 1.82) is 0 Å². The topological polar surface area (TPSA) is 63.2 Å². The second-order valence-corrected chi connectivity index (χ2v) is 8.15. The second kappa shape index (κ2) is 5.91. The Labute approximate surface area is 142 Å². The molecule has 0 spiro atoms. The molecule has 1 aliphatic heterocycles. The van der Waals surface area contributed by atoms with E-state index in [0.29, 0.717) is 11.1 Å². The Morgan fingerprint density at radius 1 is 0.833 bits per heavy atom. The van der Waals surface area contributed by atoms with Gasteiger partial charge in [0, 0.05) is 11.1 Å². The molecule has 0 aromatic heterocycles. The van der Waals surface area contributed by atoms with E-state index in [1.165, 1.54) is 0 Å². The Hall–Kier alpha value is -2.40. The molecular weight excluding hydrogens is 322 g/mol. The van der Waals surface area contributed by atoms with Gasteiger partial charge in [-0.15, -0.1) is 0 Å². The minimum absolute atomic E-state index is 0.206. The summed E-state index contributed by atoms with van der Waals surface area (Å²) in [5.41, 5.74) is 3.78. The van der Waals surface area contributed by atoms with E-state index in [2.05, 4.69) is 5.32 Å². The number of sulfone groups is 1. The number of hydrogen-bond acceptors (Lipinski definition) is 3. The van der Waals surface area contributed by atoms with Crippen LogP contribution >= 0.6 is 0 Å². The Balaban J connectivity index is 2.11. The van der Waals surface area contributed by atoms with Crippen molar-refractivity contribution in [2.45, 2.75) is 31.0 Å². The molecule has 0 saturated heterocycles. The Morgan fingerprint density at radius 3 is 1.88 bits per heavy atom. The zero-order valence-electron chi connectivity index (χ0n) is 13.8. The molecule has 1 amide bonds. The van der Waals surface area contributed by atoms with Crippen molar-refractivity contribution in [2.75, 3.05) is 0 Å². The van der Waals surface area contributed by atoms with Crippen LogP contribution in [0.2, 0.25) is 0 Å². The van der Waals surface area contributed by atoms with Gasteiger partial charge >= 0.3 is 0 Å². The van der Waals surface area contributed by atoms with E-state index >= 15 is 0 Å². The quantitative estimate of drug-likeness (QED) is 0.933. The Kier molecular flexibility index (Phi) is 4.05. The molecule has 1 aliphatic rings. The molecule has 2 aromatic carbocycles. The minimum Gasteiger partial charge on any atom is -0.332 e. The van der Waals surface area contributed by atoms with Gasteiger partial charge in [0.1, 0.15) is 0 Å². The SMILES string of the molecule is CC1=C(c2ccc(C)cc2)C(S(=O)(=O)c2ccc(C)cc2)NC1=O. The predicted octanol–water partition coefficient (Wildman–Crippen LogP) is 3.01. The highest BCUT2D eigenvalue weighted by molar-refractivity contribution is 7.92. The molecule has 124 valence electrons. The number of rotatable bonds is 3. The summed E-state index contributed by atoms with van der Waals surface area (Å²) in [6, 6.07) is 14.2. The maximum absolute atomic E-state index is 13.0. The van der Waals surface area contributed by atoms with Crippen LogP contribution in [0.4, 0.5) is 0 Å². The fourth-order valence-corrected chi connectivity index (χ4v) is 4.49. The van der Waals surface area contributed by atoms with Gasteiger partial charge in [0.2, 0.25) is 15.7 Å². The molecule has 0 radical (unpaired) electrons. The molecule has 1 unspecified atom stereocenters. The summed E-state index contributed by atoms with van der Waals surface area (Å²) in [5.74, 6) is -0.341. The lowest BCUT2D eigenvalue weighted by molar-refractivity contribution is -0.116. The number of benzene rings is 2. The molecule has 5 heteroatoms. The van der Waals surface area contributed by atoms with Crippen LogP contribution in [0.15, 0.2) is 59.0 Å². The Bertz CT molecular complexity index is 924. The van der Waals surface area contributed by atoms with Gasteiger partial charge in [-0.05, 0) is 38.5 Å². The summed E-state index contributed by atoms with van der Waals surface area (Å²) >= 11 is 0. The fraction of sp³-hybridized carbons (Fsp3) is 0.211. The average Bonchev–Trinajstić information content (AvgIpc) is 2.85. The molecule has 2 aromatic rings. The van der Waals surface area contributed by atoms with Gasteiger partial charge in [0.05, 0.1) is 4.90 Å². The molecular formula is C19H19NO3S. The van der Waals surface area contributed by atoms with Crippen molar-refractivity contribution in [2.24, 2.45) is 0 Å². The van der Waals surface area contributed by atoms with Gasteiger partial charge < -0.3 is 5.32 Å². The highest BCUT2D eigenvalue weighted by Crippen LogP contribution is 2.33. The fourth-order valence-electron chi connectivity index (χ4n) is 2.82. The normalized spacial score (nSPS) is 18.0. The van der Waals surface area contributed by atoms with Gasteiger partial charge in [0.25, 0.3) is 0 Å². The number of carbonyl (C=O) groups excluding carboxylic acids is 1. The third-order valence-corrected chi connectivity index (χ3v) is 6.19. The first kappa shape index (κ1) is 16.5. The van der Waals surface area contributed by atoms with Gasteiger partial charge in [0.15, 0.2) is 5.37 Å². The van der Waals surface area contributed by atoms with Crippen molar-refractivity contribution >= 4 is 21.3 Å². The van der Waals surface area contributed by atoms with Crippen molar-refractivity contribution in [3.05, 3.63) is 70.8 Å². The number of carbonyl (C=O) groups is 1. The van der Waals surface area contributed by atoms with Gasteiger partial charge in [-0.2, -0.15) is 0 Å². The lowest BCUT2D eigenvalue weighted by Crippen LogP contribution is -2.35. The largest absolute Gasteiger partial charge is 0.332 e. The highest BCUT2D eigenvalue weighted by Gasteiger charge is 2.39. The first-order chi connectivity index (χ1) is 11.3.